The molecule has 4 aliphatic carbocycles. The van der Waals surface area contributed by atoms with Gasteiger partial charge in [0.25, 0.3) is 0 Å². The summed E-state index contributed by atoms with van der Waals surface area (Å²) < 4.78 is 6.84. The van der Waals surface area contributed by atoms with Crippen molar-refractivity contribution in [3.05, 3.63) is 169 Å². The molecule has 57 heavy (non-hydrogen) atoms. The van der Waals surface area contributed by atoms with Crippen molar-refractivity contribution < 1.29 is 4.42 Å². The van der Waals surface area contributed by atoms with Crippen LogP contribution in [0.5, 0.6) is 0 Å². The Labute approximate surface area is 333 Å². The van der Waals surface area contributed by atoms with Crippen LogP contribution in [0.4, 0.5) is 0 Å². The Morgan fingerprint density at radius 3 is 1.75 bits per heavy atom. The van der Waals surface area contributed by atoms with Crippen molar-refractivity contribution in [3.63, 3.8) is 0 Å². The molecule has 0 saturated heterocycles. The molecule has 2 heterocycles. The molecule has 9 aromatic rings. The molecule has 0 N–H and O–H groups in total. The number of furan rings is 1. The summed E-state index contributed by atoms with van der Waals surface area (Å²) in [7, 11) is 0. The summed E-state index contributed by atoms with van der Waals surface area (Å²) in [6.45, 7) is 0. The maximum absolute atomic E-state index is 6.84. The molecule has 4 bridgehead atoms. The third-order valence-electron chi connectivity index (χ3n) is 13.6. The summed E-state index contributed by atoms with van der Waals surface area (Å²) in [6.07, 6.45) is 8.46. The Morgan fingerprint density at radius 2 is 1.04 bits per heavy atom. The summed E-state index contributed by atoms with van der Waals surface area (Å²) in [4.78, 5) is 10.5. The Hall–Kier alpha value is -6.32. The monoisotopic (exact) mass is 734 g/mol. The molecule has 274 valence electrons. The SMILES string of the molecule is c1ccc(-c2ccc3oc4c(-c5ccc(C67CC8CC(CC(C8)C6)C7)cc5)cc(-c5cc(-c6ccccc6)nc(-c6ccc7ccccc7c6)n5)cc4c3c2)cc1. The first-order chi connectivity index (χ1) is 28.1. The lowest BCUT2D eigenvalue weighted by Gasteiger charge is -2.57. The van der Waals surface area contributed by atoms with Crippen molar-refractivity contribution in [3.8, 4) is 56.2 Å². The van der Waals surface area contributed by atoms with Gasteiger partial charge in [-0.25, -0.2) is 9.97 Å². The molecule has 4 aliphatic rings. The smallest absolute Gasteiger partial charge is 0.160 e. The second kappa shape index (κ2) is 12.9. The molecular formula is C54H42N2O. The van der Waals surface area contributed by atoms with Gasteiger partial charge in [-0.1, -0.05) is 127 Å². The fourth-order valence-corrected chi connectivity index (χ4v) is 11.3. The van der Waals surface area contributed by atoms with Crippen molar-refractivity contribution in [1.29, 1.82) is 0 Å². The highest BCUT2D eigenvalue weighted by molar-refractivity contribution is 6.12. The summed E-state index contributed by atoms with van der Waals surface area (Å²) in [5.74, 6) is 3.45. The Morgan fingerprint density at radius 1 is 0.439 bits per heavy atom. The van der Waals surface area contributed by atoms with E-state index in [4.69, 9.17) is 14.4 Å². The molecule has 4 fully saturated rings. The average Bonchev–Trinajstić information content (AvgIpc) is 3.64. The van der Waals surface area contributed by atoms with E-state index in [0.717, 1.165) is 73.3 Å². The van der Waals surface area contributed by atoms with Crippen molar-refractivity contribution in [1.82, 2.24) is 9.97 Å². The lowest BCUT2D eigenvalue weighted by atomic mass is 9.48. The van der Waals surface area contributed by atoms with Gasteiger partial charge in [0.05, 0.1) is 11.4 Å². The van der Waals surface area contributed by atoms with Crippen LogP contribution in [0.15, 0.2) is 168 Å². The quantitative estimate of drug-likeness (QED) is 0.171. The van der Waals surface area contributed by atoms with E-state index in [-0.39, 0.29) is 0 Å². The molecule has 0 spiro atoms. The molecule has 0 aliphatic heterocycles. The highest BCUT2D eigenvalue weighted by Crippen LogP contribution is 2.61. The van der Waals surface area contributed by atoms with Gasteiger partial charge in [-0.2, -0.15) is 0 Å². The molecule has 0 radical (unpaired) electrons. The van der Waals surface area contributed by atoms with Crippen LogP contribution in [0.2, 0.25) is 0 Å². The van der Waals surface area contributed by atoms with E-state index >= 15 is 0 Å². The molecule has 2 aromatic heterocycles. The van der Waals surface area contributed by atoms with Crippen molar-refractivity contribution >= 4 is 32.7 Å². The van der Waals surface area contributed by atoms with Crippen molar-refractivity contribution in [2.45, 2.75) is 43.9 Å². The van der Waals surface area contributed by atoms with Crippen LogP contribution in [0, 0.1) is 17.8 Å². The van der Waals surface area contributed by atoms with Gasteiger partial charge in [0.15, 0.2) is 5.82 Å². The first-order valence-electron chi connectivity index (χ1n) is 20.7. The predicted octanol–water partition coefficient (Wildman–Crippen LogP) is 14.3. The zero-order chi connectivity index (χ0) is 37.5. The lowest BCUT2D eigenvalue weighted by Crippen LogP contribution is -2.48. The predicted molar refractivity (Wildman–Crippen MR) is 234 cm³/mol. The van der Waals surface area contributed by atoms with Gasteiger partial charge in [-0.15, -0.1) is 0 Å². The van der Waals surface area contributed by atoms with Gasteiger partial charge in [0.1, 0.15) is 11.2 Å². The maximum atomic E-state index is 6.84. The number of aromatic nitrogens is 2. The van der Waals surface area contributed by atoms with Crippen molar-refractivity contribution in [2.75, 3.05) is 0 Å². The average molecular weight is 735 g/mol. The van der Waals surface area contributed by atoms with Gasteiger partial charge in [0, 0.05) is 33.0 Å². The normalized spacial score (nSPS) is 21.2. The van der Waals surface area contributed by atoms with E-state index in [2.05, 4.69) is 164 Å². The fourth-order valence-electron chi connectivity index (χ4n) is 11.3. The molecule has 4 saturated carbocycles. The Bertz CT molecular complexity index is 2940. The zero-order valence-corrected chi connectivity index (χ0v) is 31.9. The standard InChI is InChI=1S/C54H42N2O/c1-3-9-37(10-4-1)42-19-22-51-47(27-42)48-29-44(28-46(52(48)57-51)39-17-20-45(21-18-39)54-31-34-23-35(32-54)25-36(24-34)33-54)50-30-49(40-12-5-2-6-13-40)55-53(56-50)43-16-15-38-11-7-8-14-41(38)26-43/h1-22,26-30,34-36H,23-25,31-33H2. The van der Waals surface area contributed by atoms with Crippen LogP contribution < -0.4 is 0 Å². The van der Waals surface area contributed by atoms with E-state index in [9.17, 15) is 0 Å². The van der Waals surface area contributed by atoms with Gasteiger partial charge in [-0.3, -0.25) is 0 Å². The fraction of sp³-hybridized carbons (Fsp3) is 0.185. The minimum atomic E-state index is 0.353. The van der Waals surface area contributed by atoms with Gasteiger partial charge >= 0.3 is 0 Å². The molecule has 0 unspecified atom stereocenters. The molecule has 7 aromatic carbocycles. The number of rotatable bonds is 6. The Balaban J connectivity index is 1.05. The first kappa shape index (κ1) is 32.9. The minimum Gasteiger partial charge on any atom is -0.455 e. The molecule has 0 amide bonds. The number of fused-ring (bicyclic) bond motifs is 4. The highest BCUT2D eigenvalue weighted by Gasteiger charge is 2.51. The van der Waals surface area contributed by atoms with Crippen LogP contribution in [-0.2, 0) is 5.41 Å². The topological polar surface area (TPSA) is 38.9 Å². The van der Waals surface area contributed by atoms with Crippen LogP contribution in [0.1, 0.15) is 44.1 Å². The second-order valence-electron chi connectivity index (χ2n) is 17.2. The van der Waals surface area contributed by atoms with E-state index < -0.39 is 0 Å². The Kier molecular flexibility index (Phi) is 7.42. The largest absolute Gasteiger partial charge is 0.455 e. The van der Waals surface area contributed by atoms with Crippen molar-refractivity contribution in [2.24, 2.45) is 17.8 Å². The number of hydrogen-bond donors (Lipinski definition) is 0. The number of hydrogen-bond acceptors (Lipinski definition) is 3. The molecular weight excluding hydrogens is 693 g/mol. The van der Waals surface area contributed by atoms with E-state index in [1.54, 1.807) is 0 Å². The van der Waals surface area contributed by atoms with Gasteiger partial charge in [0.2, 0.25) is 0 Å². The molecule has 13 rings (SSSR count). The van der Waals surface area contributed by atoms with E-state index in [1.807, 2.05) is 0 Å². The summed E-state index contributed by atoms with van der Waals surface area (Å²) in [5.41, 5.74) is 13.2. The van der Waals surface area contributed by atoms with E-state index in [0.29, 0.717) is 11.2 Å². The van der Waals surface area contributed by atoms with Crippen LogP contribution in [0.25, 0.3) is 88.9 Å². The molecule has 3 nitrogen and oxygen atoms in total. The first-order valence-corrected chi connectivity index (χ1v) is 20.7. The molecule has 0 atom stereocenters. The third-order valence-corrected chi connectivity index (χ3v) is 13.6. The van der Waals surface area contributed by atoms with Crippen LogP contribution in [0.3, 0.4) is 0 Å². The van der Waals surface area contributed by atoms with Gasteiger partial charge in [-0.05, 0) is 131 Å². The lowest BCUT2D eigenvalue weighted by molar-refractivity contribution is -0.00518. The molecule has 3 heteroatoms. The second-order valence-corrected chi connectivity index (χ2v) is 17.2. The minimum absolute atomic E-state index is 0.353. The number of benzene rings is 7. The summed E-state index contributed by atoms with van der Waals surface area (Å²) in [6, 6.07) is 59.0. The third kappa shape index (κ3) is 5.63. The van der Waals surface area contributed by atoms with Crippen LogP contribution in [-0.4, -0.2) is 9.97 Å². The van der Waals surface area contributed by atoms with E-state index in [1.165, 1.54) is 71.6 Å². The zero-order valence-electron chi connectivity index (χ0n) is 31.9. The summed E-state index contributed by atoms with van der Waals surface area (Å²) >= 11 is 0. The number of nitrogens with zero attached hydrogens (tertiary/aromatic N) is 2. The maximum Gasteiger partial charge on any atom is 0.160 e. The van der Waals surface area contributed by atoms with Gasteiger partial charge < -0.3 is 4.42 Å². The van der Waals surface area contributed by atoms with Crippen LogP contribution >= 0.6 is 0 Å². The highest BCUT2D eigenvalue weighted by atomic mass is 16.3. The summed E-state index contributed by atoms with van der Waals surface area (Å²) in [5, 5.41) is 4.57.